The highest BCUT2D eigenvalue weighted by Crippen LogP contribution is 2.22. The number of nitrogens with two attached hydrogens (primary N) is 1. The Morgan fingerprint density at radius 1 is 1.54 bits per heavy atom. The van der Waals surface area contributed by atoms with Crippen molar-refractivity contribution in [2.75, 3.05) is 6.61 Å². The molecule has 1 rings (SSSR count). The third-order valence-electron chi connectivity index (χ3n) is 1.65. The second-order valence-electron chi connectivity index (χ2n) is 3.20. The van der Waals surface area contributed by atoms with Gasteiger partial charge in [0.25, 0.3) is 0 Å². The van der Waals surface area contributed by atoms with Crippen molar-refractivity contribution < 1.29 is 4.74 Å². The zero-order valence-corrected chi connectivity index (χ0v) is 9.47. The van der Waals surface area contributed by atoms with Crippen molar-refractivity contribution in [2.24, 2.45) is 5.73 Å². The lowest BCUT2D eigenvalue weighted by molar-refractivity contribution is 0.294. The summed E-state index contributed by atoms with van der Waals surface area (Å²) in [5, 5.41) is 0. The number of hydrogen-bond donors (Lipinski definition) is 1. The lowest BCUT2D eigenvalue weighted by atomic mass is 10.2. The van der Waals surface area contributed by atoms with Gasteiger partial charge in [0.15, 0.2) is 0 Å². The van der Waals surface area contributed by atoms with E-state index in [9.17, 15) is 0 Å². The zero-order valence-electron chi connectivity index (χ0n) is 7.88. The van der Waals surface area contributed by atoms with Crippen LogP contribution >= 0.6 is 15.9 Å². The lowest BCUT2D eigenvalue weighted by Gasteiger charge is -2.11. The molecule has 1 atom stereocenters. The number of ether oxygens (including phenoxy) is 1. The Morgan fingerprint density at radius 3 is 2.85 bits per heavy atom. The van der Waals surface area contributed by atoms with Crippen LogP contribution in [0.25, 0.3) is 0 Å². The molecule has 0 aliphatic rings. The standard InChI is InChI=1S/C10H14BrNO/c1-7-3-4-9(11)5-10(7)13-6-8(2)12/h3-5,8H,6,12H2,1-2H3. The van der Waals surface area contributed by atoms with Crippen LogP contribution in [0.3, 0.4) is 0 Å². The maximum atomic E-state index is 5.59. The minimum atomic E-state index is 0.0679. The van der Waals surface area contributed by atoms with E-state index in [1.54, 1.807) is 0 Å². The Balaban J connectivity index is 2.70. The number of aryl methyl sites for hydroxylation is 1. The van der Waals surface area contributed by atoms with E-state index in [-0.39, 0.29) is 6.04 Å². The van der Waals surface area contributed by atoms with Gasteiger partial charge in [-0.05, 0) is 31.5 Å². The molecule has 0 bridgehead atoms. The normalized spacial score (nSPS) is 12.6. The van der Waals surface area contributed by atoms with E-state index in [1.165, 1.54) is 0 Å². The van der Waals surface area contributed by atoms with E-state index in [1.807, 2.05) is 32.0 Å². The van der Waals surface area contributed by atoms with E-state index in [4.69, 9.17) is 10.5 Å². The summed E-state index contributed by atoms with van der Waals surface area (Å²) in [4.78, 5) is 0. The molecule has 0 radical (unpaired) electrons. The summed E-state index contributed by atoms with van der Waals surface area (Å²) in [6.45, 7) is 4.49. The van der Waals surface area contributed by atoms with Crippen LogP contribution in [0, 0.1) is 6.92 Å². The Labute approximate surface area is 87.2 Å². The van der Waals surface area contributed by atoms with Crippen molar-refractivity contribution in [3.05, 3.63) is 28.2 Å². The molecule has 0 heterocycles. The molecular weight excluding hydrogens is 230 g/mol. The summed E-state index contributed by atoms with van der Waals surface area (Å²) in [5.41, 5.74) is 6.72. The van der Waals surface area contributed by atoms with Crippen molar-refractivity contribution in [2.45, 2.75) is 19.9 Å². The van der Waals surface area contributed by atoms with Crippen LogP contribution in [0.4, 0.5) is 0 Å². The van der Waals surface area contributed by atoms with Crippen LogP contribution in [-0.4, -0.2) is 12.6 Å². The van der Waals surface area contributed by atoms with E-state index < -0.39 is 0 Å². The molecule has 0 aliphatic heterocycles. The second-order valence-corrected chi connectivity index (χ2v) is 4.11. The molecule has 0 aromatic heterocycles. The van der Waals surface area contributed by atoms with Crippen LogP contribution in [0.2, 0.25) is 0 Å². The van der Waals surface area contributed by atoms with Gasteiger partial charge in [-0.1, -0.05) is 22.0 Å². The van der Waals surface area contributed by atoms with Gasteiger partial charge in [0.1, 0.15) is 12.4 Å². The van der Waals surface area contributed by atoms with Crippen LogP contribution in [0.1, 0.15) is 12.5 Å². The van der Waals surface area contributed by atoms with E-state index in [0.717, 1.165) is 15.8 Å². The molecule has 0 spiro atoms. The highest BCUT2D eigenvalue weighted by molar-refractivity contribution is 9.10. The predicted octanol–water partition coefficient (Wildman–Crippen LogP) is 2.48. The average molecular weight is 244 g/mol. The molecule has 3 heteroatoms. The van der Waals surface area contributed by atoms with Crippen molar-refractivity contribution >= 4 is 15.9 Å². The highest BCUT2D eigenvalue weighted by atomic mass is 79.9. The predicted molar refractivity (Wildman–Crippen MR) is 58.0 cm³/mol. The highest BCUT2D eigenvalue weighted by Gasteiger charge is 2.01. The molecule has 0 saturated carbocycles. The van der Waals surface area contributed by atoms with Gasteiger partial charge in [-0.2, -0.15) is 0 Å². The first-order chi connectivity index (χ1) is 6.09. The van der Waals surface area contributed by atoms with Crippen molar-refractivity contribution in [3.8, 4) is 5.75 Å². The van der Waals surface area contributed by atoms with E-state index in [0.29, 0.717) is 6.61 Å². The maximum absolute atomic E-state index is 5.59. The van der Waals surface area contributed by atoms with E-state index in [2.05, 4.69) is 15.9 Å². The molecule has 1 aromatic carbocycles. The van der Waals surface area contributed by atoms with Gasteiger partial charge in [0.2, 0.25) is 0 Å². The van der Waals surface area contributed by atoms with Gasteiger partial charge in [-0.15, -0.1) is 0 Å². The molecule has 2 N–H and O–H groups in total. The Morgan fingerprint density at radius 2 is 2.23 bits per heavy atom. The van der Waals surface area contributed by atoms with Gasteiger partial charge < -0.3 is 10.5 Å². The largest absolute Gasteiger partial charge is 0.492 e. The summed E-state index contributed by atoms with van der Waals surface area (Å²) in [5.74, 6) is 0.895. The SMILES string of the molecule is Cc1ccc(Br)cc1OCC(C)N. The summed E-state index contributed by atoms with van der Waals surface area (Å²) in [7, 11) is 0. The second kappa shape index (κ2) is 4.63. The molecule has 1 unspecified atom stereocenters. The number of benzene rings is 1. The molecule has 13 heavy (non-hydrogen) atoms. The van der Waals surface area contributed by atoms with Gasteiger partial charge in [-0.25, -0.2) is 0 Å². The fraction of sp³-hybridized carbons (Fsp3) is 0.400. The van der Waals surface area contributed by atoms with Crippen LogP contribution in [-0.2, 0) is 0 Å². The van der Waals surface area contributed by atoms with Crippen molar-refractivity contribution in [3.63, 3.8) is 0 Å². The molecule has 2 nitrogen and oxygen atoms in total. The topological polar surface area (TPSA) is 35.2 Å². The summed E-state index contributed by atoms with van der Waals surface area (Å²) in [6.07, 6.45) is 0. The molecule has 0 saturated heterocycles. The Hall–Kier alpha value is -0.540. The zero-order chi connectivity index (χ0) is 9.84. The van der Waals surface area contributed by atoms with Gasteiger partial charge >= 0.3 is 0 Å². The molecule has 0 fully saturated rings. The fourth-order valence-corrected chi connectivity index (χ4v) is 1.29. The minimum Gasteiger partial charge on any atom is -0.492 e. The van der Waals surface area contributed by atoms with Crippen LogP contribution in [0.15, 0.2) is 22.7 Å². The number of rotatable bonds is 3. The van der Waals surface area contributed by atoms with Crippen LogP contribution in [0.5, 0.6) is 5.75 Å². The molecule has 0 amide bonds. The first kappa shape index (κ1) is 10.5. The van der Waals surface area contributed by atoms with Gasteiger partial charge in [-0.3, -0.25) is 0 Å². The first-order valence-corrected chi connectivity index (χ1v) is 5.03. The van der Waals surface area contributed by atoms with Crippen molar-refractivity contribution in [1.82, 2.24) is 0 Å². The summed E-state index contributed by atoms with van der Waals surface area (Å²) < 4.78 is 6.55. The number of hydrogen-bond acceptors (Lipinski definition) is 2. The molecule has 1 aromatic rings. The van der Waals surface area contributed by atoms with Gasteiger partial charge in [0, 0.05) is 10.5 Å². The summed E-state index contributed by atoms with van der Waals surface area (Å²) >= 11 is 3.39. The van der Waals surface area contributed by atoms with Crippen molar-refractivity contribution in [1.29, 1.82) is 0 Å². The third-order valence-corrected chi connectivity index (χ3v) is 2.15. The van der Waals surface area contributed by atoms with Gasteiger partial charge in [0.05, 0.1) is 0 Å². The molecular formula is C10H14BrNO. The maximum Gasteiger partial charge on any atom is 0.123 e. The quantitative estimate of drug-likeness (QED) is 0.886. The van der Waals surface area contributed by atoms with Crippen LogP contribution < -0.4 is 10.5 Å². The third kappa shape index (κ3) is 3.36. The number of halogens is 1. The monoisotopic (exact) mass is 243 g/mol. The Bertz CT molecular complexity index is 286. The minimum absolute atomic E-state index is 0.0679. The molecule has 0 aliphatic carbocycles. The average Bonchev–Trinajstić information content (AvgIpc) is 2.06. The fourth-order valence-electron chi connectivity index (χ4n) is 0.951. The summed E-state index contributed by atoms with van der Waals surface area (Å²) in [6, 6.07) is 6.03. The molecule has 72 valence electrons. The Kier molecular flexibility index (Phi) is 3.75. The van der Waals surface area contributed by atoms with E-state index >= 15 is 0 Å². The smallest absolute Gasteiger partial charge is 0.123 e. The first-order valence-electron chi connectivity index (χ1n) is 4.24. The lowest BCUT2D eigenvalue weighted by Crippen LogP contribution is -2.23.